The number of hydrogen-bond donors (Lipinski definition) is 2. The fourth-order valence-electron chi connectivity index (χ4n) is 3.43. The molecule has 0 saturated carbocycles. The predicted octanol–water partition coefficient (Wildman–Crippen LogP) is 1.86. The maximum atomic E-state index is 12.4. The monoisotopic (exact) mass is 403 g/mol. The summed E-state index contributed by atoms with van der Waals surface area (Å²) in [6.45, 7) is 6.93. The van der Waals surface area contributed by atoms with Gasteiger partial charge in [0, 0.05) is 26.1 Å². The molecule has 2 rings (SSSR count). The average molecular weight is 404 g/mol. The third kappa shape index (κ3) is 8.64. The number of hydrogen-bond acceptors (Lipinski definition) is 5. The molecule has 7 nitrogen and oxygen atoms in total. The van der Waals surface area contributed by atoms with Crippen molar-refractivity contribution in [1.29, 1.82) is 0 Å². The average Bonchev–Trinajstić information content (AvgIpc) is 3.14. The van der Waals surface area contributed by atoms with E-state index < -0.39 is 0 Å². The Hall–Kier alpha value is -2.41. The van der Waals surface area contributed by atoms with Gasteiger partial charge in [0.25, 0.3) is 0 Å². The maximum Gasteiger partial charge on any atom is 0.307 e. The molecule has 1 saturated heterocycles. The van der Waals surface area contributed by atoms with Crippen LogP contribution in [-0.4, -0.2) is 54.9 Å². The smallest absolute Gasteiger partial charge is 0.307 e. The Bertz CT molecular complexity index is 663. The molecular weight excluding hydrogens is 370 g/mol. The van der Waals surface area contributed by atoms with E-state index in [-0.39, 0.29) is 49.8 Å². The van der Waals surface area contributed by atoms with Crippen LogP contribution >= 0.6 is 0 Å². The predicted molar refractivity (Wildman–Crippen MR) is 111 cm³/mol. The lowest BCUT2D eigenvalue weighted by Crippen LogP contribution is -2.45. The molecule has 0 aliphatic carbocycles. The van der Waals surface area contributed by atoms with Gasteiger partial charge in [0.1, 0.15) is 6.61 Å². The van der Waals surface area contributed by atoms with Crippen molar-refractivity contribution in [2.24, 2.45) is 5.92 Å². The lowest BCUT2D eigenvalue weighted by Gasteiger charge is -2.25. The molecule has 1 heterocycles. The summed E-state index contributed by atoms with van der Waals surface area (Å²) >= 11 is 0. The number of nitrogens with zero attached hydrogens (tertiary/aromatic N) is 1. The molecule has 1 aromatic carbocycles. The summed E-state index contributed by atoms with van der Waals surface area (Å²) in [7, 11) is 0. The van der Waals surface area contributed by atoms with Crippen LogP contribution in [-0.2, 0) is 25.7 Å². The lowest BCUT2D eigenvalue weighted by molar-refractivity contribution is -0.144. The first kappa shape index (κ1) is 22.9. The van der Waals surface area contributed by atoms with E-state index in [4.69, 9.17) is 4.74 Å². The first-order chi connectivity index (χ1) is 14.0. The van der Waals surface area contributed by atoms with Crippen LogP contribution < -0.4 is 10.6 Å². The van der Waals surface area contributed by atoms with Crippen molar-refractivity contribution in [2.75, 3.05) is 26.2 Å². The fourth-order valence-corrected chi connectivity index (χ4v) is 3.43. The highest BCUT2D eigenvalue weighted by Crippen LogP contribution is 2.18. The molecule has 0 bridgehead atoms. The van der Waals surface area contributed by atoms with Gasteiger partial charge in [-0.25, -0.2) is 0 Å². The number of esters is 1. The second kappa shape index (κ2) is 12.2. The van der Waals surface area contributed by atoms with E-state index in [0.717, 1.165) is 31.5 Å². The normalized spacial score (nSPS) is 16.6. The number of likely N-dealkylation sites (tertiary alicyclic amines) is 1. The van der Waals surface area contributed by atoms with E-state index in [1.165, 1.54) is 0 Å². The van der Waals surface area contributed by atoms with E-state index >= 15 is 0 Å². The molecule has 160 valence electrons. The number of benzene rings is 1. The van der Waals surface area contributed by atoms with Crippen LogP contribution in [0.2, 0.25) is 0 Å². The molecule has 2 amide bonds. The lowest BCUT2D eigenvalue weighted by atomic mass is 10.1. The third-order valence-electron chi connectivity index (χ3n) is 4.81. The molecule has 1 atom stereocenters. The quantitative estimate of drug-likeness (QED) is 0.551. The highest BCUT2D eigenvalue weighted by molar-refractivity contribution is 5.83. The Morgan fingerprint density at radius 3 is 2.55 bits per heavy atom. The summed E-state index contributed by atoms with van der Waals surface area (Å²) in [6, 6.07) is 9.36. The molecular formula is C22H33N3O4. The van der Waals surface area contributed by atoms with E-state index in [1.807, 2.05) is 30.3 Å². The minimum Gasteiger partial charge on any atom is -0.461 e. The summed E-state index contributed by atoms with van der Waals surface area (Å²) in [6.07, 6.45) is 2.22. The molecule has 2 N–H and O–H groups in total. The Labute approximate surface area is 173 Å². The second-order valence-corrected chi connectivity index (χ2v) is 7.83. The van der Waals surface area contributed by atoms with Gasteiger partial charge in [-0.2, -0.15) is 0 Å². The van der Waals surface area contributed by atoms with Crippen LogP contribution in [0.4, 0.5) is 0 Å². The van der Waals surface area contributed by atoms with E-state index in [0.29, 0.717) is 12.5 Å². The van der Waals surface area contributed by atoms with E-state index in [1.54, 1.807) is 0 Å². The Morgan fingerprint density at radius 1 is 1.10 bits per heavy atom. The third-order valence-corrected chi connectivity index (χ3v) is 4.81. The minimum absolute atomic E-state index is 0.000407. The second-order valence-electron chi connectivity index (χ2n) is 7.83. The number of rotatable bonds is 11. The van der Waals surface area contributed by atoms with Crippen molar-refractivity contribution in [3.05, 3.63) is 35.9 Å². The maximum absolute atomic E-state index is 12.4. The first-order valence-corrected chi connectivity index (χ1v) is 10.4. The van der Waals surface area contributed by atoms with Crippen LogP contribution in [0.25, 0.3) is 0 Å². The van der Waals surface area contributed by atoms with Gasteiger partial charge in [-0.15, -0.1) is 0 Å². The van der Waals surface area contributed by atoms with Gasteiger partial charge in [-0.1, -0.05) is 44.2 Å². The molecule has 0 aromatic heterocycles. The zero-order chi connectivity index (χ0) is 21.1. The number of nitrogens with one attached hydrogen (secondary N) is 2. The topological polar surface area (TPSA) is 87.7 Å². The van der Waals surface area contributed by atoms with Crippen LogP contribution in [0, 0.1) is 5.92 Å². The molecule has 1 fully saturated rings. The van der Waals surface area contributed by atoms with Gasteiger partial charge >= 0.3 is 5.97 Å². The molecule has 1 aliphatic rings. The van der Waals surface area contributed by atoms with Gasteiger partial charge in [-0.3, -0.25) is 19.3 Å². The van der Waals surface area contributed by atoms with Crippen LogP contribution in [0.5, 0.6) is 0 Å². The van der Waals surface area contributed by atoms with Crippen molar-refractivity contribution in [3.8, 4) is 0 Å². The number of carbonyl (C=O) groups is 3. The summed E-state index contributed by atoms with van der Waals surface area (Å²) < 4.78 is 5.16. The van der Waals surface area contributed by atoms with Gasteiger partial charge < -0.3 is 15.4 Å². The Morgan fingerprint density at radius 2 is 1.83 bits per heavy atom. The Kier molecular flexibility index (Phi) is 9.64. The largest absolute Gasteiger partial charge is 0.461 e. The van der Waals surface area contributed by atoms with Crippen molar-refractivity contribution in [3.63, 3.8) is 0 Å². The Balaban J connectivity index is 1.55. The standard InChI is InChI=1S/C22H33N3O4/c1-17(2)15-25-14-6-9-19(25)22(28)24-12-10-20(26)23-13-11-21(27)29-16-18-7-4-3-5-8-18/h3-5,7-8,17,19H,6,9-16H2,1-2H3,(H,23,26)(H,24,28)/t19-/m0/s1. The molecule has 29 heavy (non-hydrogen) atoms. The molecule has 7 heteroatoms. The summed E-state index contributed by atoms with van der Waals surface area (Å²) in [4.78, 5) is 38.2. The van der Waals surface area contributed by atoms with Crippen molar-refractivity contribution < 1.29 is 19.1 Å². The van der Waals surface area contributed by atoms with Crippen molar-refractivity contribution in [2.45, 2.75) is 52.2 Å². The zero-order valence-corrected chi connectivity index (χ0v) is 17.5. The molecule has 0 radical (unpaired) electrons. The SMILES string of the molecule is CC(C)CN1CCC[C@H]1C(=O)NCCC(=O)NCCC(=O)OCc1ccccc1. The van der Waals surface area contributed by atoms with Crippen molar-refractivity contribution >= 4 is 17.8 Å². The first-order valence-electron chi connectivity index (χ1n) is 10.4. The highest BCUT2D eigenvalue weighted by Gasteiger charge is 2.30. The van der Waals surface area contributed by atoms with E-state index in [9.17, 15) is 14.4 Å². The number of carbonyl (C=O) groups excluding carboxylic acids is 3. The minimum atomic E-state index is -0.353. The molecule has 1 aliphatic heterocycles. The number of amides is 2. The zero-order valence-electron chi connectivity index (χ0n) is 17.5. The van der Waals surface area contributed by atoms with Gasteiger partial charge in [0.2, 0.25) is 11.8 Å². The summed E-state index contributed by atoms with van der Waals surface area (Å²) in [5.74, 6) is -0.0189. The van der Waals surface area contributed by atoms with Gasteiger partial charge in [-0.05, 0) is 30.9 Å². The van der Waals surface area contributed by atoms with Crippen LogP contribution in [0.1, 0.15) is 45.1 Å². The van der Waals surface area contributed by atoms with Crippen LogP contribution in [0.3, 0.4) is 0 Å². The summed E-state index contributed by atoms with van der Waals surface area (Å²) in [5.41, 5.74) is 0.926. The highest BCUT2D eigenvalue weighted by atomic mass is 16.5. The molecule has 0 spiro atoms. The fraction of sp³-hybridized carbons (Fsp3) is 0.591. The van der Waals surface area contributed by atoms with Crippen LogP contribution in [0.15, 0.2) is 30.3 Å². The molecule has 1 aromatic rings. The van der Waals surface area contributed by atoms with E-state index in [2.05, 4.69) is 29.4 Å². The molecule has 0 unspecified atom stereocenters. The van der Waals surface area contributed by atoms with Gasteiger partial charge in [0.15, 0.2) is 0 Å². The number of ether oxygens (including phenoxy) is 1. The van der Waals surface area contributed by atoms with Gasteiger partial charge in [0.05, 0.1) is 12.5 Å². The van der Waals surface area contributed by atoms with Crippen molar-refractivity contribution in [1.82, 2.24) is 15.5 Å². The summed E-state index contributed by atoms with van der Waals surface area (Å²) in [5, 5.41) is 5.55.